The minimum absolute atomic E-state index is 0. The fraction of sp³-hybridized carbons (Fsp3) is 0.167. The van der Waals surface area contributed by atoms with Crippen molar-refractivity contribution in [1.29, 1.82) is 0 Å². The summed E-state index contributed by atoms with van der Waals surface area (Å²) in [4.78, 5) is 36.0. The Morgan fingerprint density at radius 1 is 0.643 bits per heavy atom. The first-order valence-corrected chi connectivity index (χ1v) is 11.9. The van der Waals surface area contributed by atoms with Gasteiger partial charge in [0.05, 0.1) is 29.9 Å². The van der Waals surface area contributed by atoms with Crippen LogP contribution in [-0.2, 0) is 31.5 Å². The third kappa shape index (κ3) is 13.4. The molecule has 0 atom stereocenters. The van der Waals surface area contributed by atoms with Crippen LogP contribution in [0.3, 0.4) is 0 Å². The van der Waals surface area contributed by atoms with Crippen LogP contribution < -0.4 is 20.1 Å². The number of ether oxygens (including phenoxy) is 1. The van der Waals surface area contributed by atoms with Gasteiger partial charge in [-0.3, -0.25) is 0 Å². The van der Waals surface area contributed by atoms with Gasteiger partial charge in [-0.2, -0.15) is 0 Å². The molecule has 220 valence electrons. The van der Waals surface area contributed by atoms with Crippen LogP contribution in [0, 0.1) is 6.92 Å². The first-order valence-electron chi connectivity index (χ1n) is 11.9. The molecular formula is C30H29MnN2O9. The molecule has 2 aromatic heterocycles. The number of aromatic nitrogens is 2. The molecule has 0 aliphatic carbocycles. The molecule has 4 rings (SSSR count). The van der Waals surface area contributed by atoms with Crippen LogP contribution in [0.1, 0.15) is 26.3 Å². The third-order valence-electron chi connectivity index (χ3n) is 4.67. The number of methoxy groups -OCH3 is 1. The van der Waals surface area contributed by atoms with Crippen molar-refractivity contribution in [2.24, 2.45) is 0 Å². The maximum atomic E-state index is 10.3. The van der Waals surface area contributed by atoms with Crippen molar-refractivity contribution in [2.45, 2.75) is 27.7 Å². The molecule has 0 spiro atoms. The van der Waals surface area contributed by atoms with Crippen LogP contribution in [0.25, 0.3) is 33.9 Å². The average Bonchev–Trinajstić information content (AvgIpc) is 2.89. The molecule has 0 fully saturated rings. The second-order valence-corrected chi connectivity index (χ2v) is 8.19. The molecular weight excluding hydrogens is 587 g/mol. The van der Waals surface area contributed by atoms with Gasteiger partial charge in [-0.1, -0.05) is 23.8 Å². The molecule has 0 bridgehead atoms. The second-order valence-electron chi connectivity index (χ2n) is 8.19. The maximum Gasteiger partial charge on any atom is 3.00 e. The standard InChI is InChI=1S/C24H20N2O3.3C2H4O2.Mn/c1-15-9-11-23(27)17(13-15)19-5-3-7-21(25-19)22-8-4-6-20(26-22)18-14-16(29-2)10-12-24(18)28;3*1-2(3)4;/h3-14,27-28H,1-2H3;3*1H3,(H,3,4);/q;;;;+3/p-3. The number of benzene rings is 2. The summed E-state index contributed by atoms with van der Waals surface area (Å²) in [5.41, 5.74) is 4.92. The van der Waals surface area contributed by atoms with E-state index in [2.05, 4.69) is 4.98 Å². The fourth-order valence-corrected chi connectivity index (χ4v) is 3.16. The van der Waals surface area contributed by atoms with Crippen molar-refractivity contribution >= 4 is 17.9 Å². The van der Waals surface area contributed by atoms with Crippen LogP contribution in [0.5, 0.6) is 17.2 Å². The summed E-state index contributed by atoms with van der Waals surface area (Å²) in [6.45, 7) is 4.89. The zero-order chi connectivity index (χ0) is 31.1. The Kier molecular flexibility index (Phi) is 16.3. The number of nitrogens with zero attached hydrogens (tertiary/aromatic N) is 2. The third-order valence-corrected chi connectivity index (χ3v) is 4.67. The number of aryl methyl sites for hydroxylation is 1. The molecule has 12 heteroatoms. The molecule has 0 saturated heterocycles. The molecule has 42 heavy (non-hydrogen) atoms. The SMILES string of the molecule is CC(=O)[O-].CC(=O)[O-].CC(=O)[O-].COc1ccc(O)c(-c2cccc(-c3cccc(-c4cc(C)ccc4O)n3)n2)c1.[Mn+3]. The normalized spacial score (nSPS) is 9.17. The molecule has 2 heterocycles. The Morgan fingerprint density at radius 3 is 1.40 bits per heavy atom. The first kappa shape index (κ1) is 37.1. The molecule has 0 amide bonds. The number of phenolic OH excluding ortho intramolecular Hbond substituents is 2. The summed E-state index contributed by atoms with van der Waals surface area (Å²) < 4.78 is 5.26. The van der Waals surface area contributed by atoms with Gasteiger partial charge in [-0.15, -0.1) is 0 Å². The number of carbonyl (C=O) groups excluding carboxylic acids is 3. The van der Waals surface area contributed by atoms with Gasteiger partial charge >= 0.3 is 17.1 Å². The first-order chi connectivity index (χ1) is 19.2. The zero-order valence-electron chi connectivity index (χ0n) is 23.5. The van der Waals surface area contributed by atoms with E-state index in [9.17, 15) is 10.2 Å². The summed E-state index contributed by atoms with van der Waals surface area (Å²) in [6, 6.07) is 21.6. The Labute approximate surface area is 253 Å². The van der Waals surface area contributed by atoms with E-state index < -0.39 is 17.9 Å². The van der Waals surface area contributed by atoms with E-state index >= 15 is 0 Å². The van der Waals surface area contributed by atoms with Crippen LogP contribution >= 0.6 is 0 Å². The second kappa shape index (κ2) is 18.4. The van der Waals surface area contributed by atoms with Crippen LogP contribution in [-0.4, -0.2) is 45.2 Å². The Balaban J connectivity index is 0.00000111. The van der Waals surface area contributed by atoms with E-state index in [-0.39, 0.29) is 28.6 Å². The predicted molar refractivity (Wildman–Crippen MR) is 145 cm³/mol. The predicted octanol–water partition coefficient (Wildman–Crippen LogP) is 1.47. The van der Waals surface area contributed by atoms with Crippen molar-refractivity contribution in [3.63, 3.8) is 0 Å². The van der Waals surface area contributed by atoms with E-state index in [1.165, 1.54) is 0 Å². The van der Waals surface area contributed by atoms with Crippen LogP contribution in [0.4, 0.5) is 0 Å². The summed E-state index contributed by atoms with van der Waals surface area (Å²) in [7, 11) is 1.58. The number of carbonyl (C=O) groups is 3. The summed E-state index contributed by atoms with van der Waals surface area (Å²) in [5.74, 6) is -2.30. The molecule has 2 aromatic carbocycles. The summed E-state index contributed by atoms with van der Waals surface area (Å²) in [6.07, 6.45) is 0. The summed E-state index contributed by atoms with van der Waals surface area (Å²) in [5, 5.41) is 47.1. The van der Waals surface area contributed by atoms with E-state index in [1.54, 1.807) is 31.4 Å². The number of hydrogen-bond donors (Lipinski definition) is 2. The van der Waals surface area contributed by atoms with Crippen LogP contribution in [0.2, 0.25) is 0 Å². The van der Waals surface area contributed by atoms with Crippen molar-refractivity contribution < 1.29 is 61.7 Å². The van der Waals surface area contributed by atoms with E-state index in [0.717, 1.165) is 26.3 Å². The van der Waals surface area contributed by atoms with Gasteiger partial charge in [0.25, 0.3) is 0 Å². The van der Waals surface area contributed by atoms with Crippen LogP contribution in [0.15, 0.2) is 72.8 Å². The molecule has 2 N–H and O–H groups in total. The molecule has 0 aliphatic heterocycles. The summed E-state index contributed by atoms with van der Waals surface area (Å²) >= 11 is 0. The van der Waals surface area contributed by atoms with Gasteiger partial charge in [0, 0.05) is 29.0 Å². The molecule has 4 aromatic rings. The molecule has 0 unspecified atom stereocenters. The number of phenols is 2. The average molecular weight is 617 g/mol. The van der Waals surface area contributed by atoms with Crippen molar-refractivity contribution in [1.82, 2.24) is 9.97 Å². The Hall–Kier alpha value is -4.93. The number of carboxylic acids is 3. The number of aromatic hydroxyl groups is 2. The van der Waals surface area contributed by atoms with Gasteiger partial charge in [0.1, 0.15) is 17.2 Å². The van der Waals surface area contributed by atoms with E-state index in [0.29, 0.717) is 39.7 Å². The van der Waals surface area contributed by atoms with Gasteiger partial charge in [-0.05, 0) is 82.3 Å². The van der Waals surface area contributed by atoms with Gasteiger partial charge in [0.2, 0.25) is 0 Å². The number of carboxylic acid groups (broad SMARTS) is 3. The smallest absolute Gasteiger partial charge is 0.550 e. The van der Waals surface area contributed by atoms with E-state index in [1.807, 2.05) is 55.5 Å². The molecule has 0 radical (unpaired) electrons. The van der Waals surface area contributed by atoms with Crippen molar-refractivity contribution in [2.75, 3.05) is 7.11 Å². The number of rotatable bonds is 4. The maximum absolute atomic E-state index is 10.3. The minimum Gasteiger partial charge on any atom is -0.550 e. The number of aliphatic carboxylic acids is 3. The van der Waals surface area contributed by atoms with Gasteiger partial charge in [0.15, 0.2) is 0 Å². The number of pyridine rings is 2. The van der Waals surface area contributed by atoms with E-state index in [4.69, 9.17) is 39.4 Å². The quantitative estimate of drug-likeness (QED) is 0.315. The van der Waals surface area contributed by atoms with Crippen molar-refractivity contribution in [3.8, 4) is 51.2 Å². The number of hydrogen-bond acceptors (Lipinski definition) is 11. The molecule has 0 aliphatic rings. The largest absolute Gasteiger partial charge is 3.00 e. The molecule has 0 saturated carbocycles. The molecule has 11 nitrogen and oxygen atoms in total. The van der Waals surface area contributed by atoms with Gasteiger partial charge < -0.3 is 44.7 Å². The topological polar surface area (TPSA) is 196 Å². The Bertz CT molecular complexity index is 1450. The monoisotopic (exact) mass is 616 g/mol. The minimum atomic E-state index is -1.08. The Morgan fingerprint density at radius 2 is 1.00 bits per heavy atom. The van der Waals surface area contributed by atoms with Gasteiger partial charge in [-0.25, -0.2) is 9.97 Å². The fourth-order valence-electron chi connectivity index (χ4n) is 3.16. The zero-order valence-corrected chi connectivity index (χ0v) is 24.6. The van der Waals surface area contributed by atoms with Crippen molar-refractivity contribution in [3.05, 3.63) is 78.4 Å².